The quantitative estimate of drug-likeness (QED) is 0.385. The molecule has 0 saturated heterocycles. The summed E-state index contributed by atoms with van der Waals surface area (Å²) in [4.78, 5) is 27.8. The second kappa shape index (κ2) is 13.2. The molecule has 36 heavy (non-hydrogen) atoms. The van der Waals surface area contributed by atoms with Gasteiger partial charge in [-0.3, -0.25) is 13.9 Å². The van der Waals surface area contributed by atoms with Crippen LogP contribution in [0.5, 0.6) is 0 Å². The van der Waals surface area contributed by atoms with E-state index in [1.807, 2.05) is 70.2 Å². The minimum Gasteiger partial charge on any atom is -0.352 e. The molecule has 0 aliphatic carbocycles. The molecule has 0 spiro atoms. The van der Waals surface area contributed by atoms with E-state index in [9.17, 15) is 18.0 Å². The molecule has 0 heterocycles. The molecule has 2 aromatic rings. The van der Waals surface area contributed by atoms with Crippen molar-refractivity contribution >= 4 is 43.5 Å². The van der Waals surface area contributed by atoms with Crippen molar-refractivity contribution < 1.29 is 18.0 Å². The number of benzene rings is 2. The topological polar surface area (TPSA) is 86.8 Å². The predicted octanol–water partition coefficient (Wildman–Crippen LogP) is 4.94. The van der Waals surface area contributed by atoms with E-state index in [1.54, 1.807) is 11.8 Å². The summed E-state index contributed by atoms with van der Waals surface area (Å²) in [6.45, 7) is 9.88. The van der Waals surface area contributed by atoms with E-state index in [-0.39, 0.29) is 37.4 Å². The van der Waals surface area contributed by atoms with Gasteiger partial charge in [0.15, 0.2) is 0 Å². The van der Waals surface area contributed by atoms with E-state index in [4.69, 9.17) is 0 Å². The van der Waals surface area contributed by atoms with Crippen molar-refractivity contribution in [2.75, 3.05) is 17.1 Å². The number of nitrogens with zero attached hydrogens (tertiary/aromatic N) is 2. The highest BCUT2D eigenvalue weighted by Gasteiger charge is 2.27. The number of sulfonamides is 1. The third-order valence-electron chi connectivity index (χ3n) is 6.20. The number of nitrogens with one attached hydrogen (secondary N) is 1. The number of carbonyl (C=O) groups excluding carboxylic acids is 2. The standard InChI is InChI=1S/C27H38BrN3O4S/c1-7-21(4)29-27(33)22(5)30(18-23-10-8-11-24(28)17-23)26(32)12-9-15-31(36(6,34)35)25-16-19(2)13-14-20(25)3/h8,10-11,13-14,16-17,21-22H,7,9,12,15,18H2,1-6H3,(H,29,33)/t21-,22-/m0/s1. The predicted molar refractivity (Wildman–Crippen MR) is 149 cm³/mol. The number of aryl methyl sites for hydroxylation is 2. The molecular weight excluding hydrogens is 542 g/mol. The van der Waals surface area contributed by atoms with Crippen LogP contribution < -0.4 is 9.62 Å². The van der Waals surface area contributed by atoms with Crippen LogP contribution in [0, 0.1) is 13.8 Å². The lowest BCUT2D eigenvalue weighted by Gasteiger charge is -2.30. The van der Waals surface area contributed by atoms with E-state index in [0.29, 0.717) is 12.1 Å². The Kier molecular flexibility index (Phi) is 11.0. The molecule has 0 bridgehead atoms. The Balaban J connectivity index is 2.21. The van der Waals surface area contributed by atoms with Crippen molar-refractivity contribution in [3.8, 4) is 0 Å². The summed E-state index contributed by atoms with van der Waals surface area (Å²) in [5.74, 6) is -0.406. The summed E-state index contributed by atoms with van der Waals surface area (Å²) in [5, 5.41) is 2.96. The maximum Gasteiger partial charge on any atom is 0.242 e. The largest absolute Gasteiger partial charge is 0.352 e. The molecule has 2 amide bonds. The molecule has 0 unspecified atom stereocenters. The van der Waals surface area contributed by atoms with Crippen LogP contribution in [-0.2, 0) is 26.2 Å². The molecule has 7 nitrogen and oxygen atoms in total. The summed E-state index contributed by atoms with van der Waals surface area (Å²) in [6, 6.07) is 12.6. The van der Waals surface area contributed by atoms with Gasteiger partial charge in [0, 0.05) is 30.0 Å². The Morgan fingerprint density at radius 1 is 1.08 bits per heavy atom. The van der Waals surface area contributed by atoms with Crippen LogP contribution in [-0.4, -0.2) is 50.0 Å². The van der Waals surface area contributed by atoms with Gasteiger partial charge in [-0.2, -0.15) is 0 Å². The van der Waals surface area contributed by atoms with Gasteiger partial charge >= 0.3 is 0 Å². The fourth-order valence-corrected chi connectivity index (χ4v) is 5.31. The highest BCUT2D eigenvalue weighted by molar-refractivity contribution is 9.10. The first-order valence-corrected chi connectivity index (χ1v) is 14.9. The van der Waals surface area contributed by atoms with Crippen molar-refractivity contribution in [3.63, 3.8) is 0 Å². The van der Waals surface area contributed by atoms with Crippen LogP contribution in [0.4, 0.5) is 5.69 Å². The molecule has 0 saturated carbocycles. The van der Waals surface area contributed by atoms with Crippen LogP contribution in [0.15, 0.2) is 46.9 Å². The number of halogens is 1. The third-order valence-corrected chi connectivity index (χ3v) is 7.87. The molecule has 1 N–H and O–H groups in total. The molecule has 0 aliphatic heterocycles. The van der Waals surface area contributed by atoms with Crippen LogP contribution in [0.25, 0.3) is 0 Å². The number of hydrogen-bond acceptors (Lipinski definition) is 4. The van der Waals surface area contributed by atoms with E-state index in [1.165, 1.54) is 10.6 Å². The van der Waals surface area contributed by atoms with Gasteiger partial charge in [-0.15, -0.1) is 0 Å². The fraction of sp³-hybridized carbons (Fsp3) is 0.481. The molecule has 0 radical (unpaired) electrons. The van der Waals surface area contributed by atoms with Gasteiger partial charge in [-0.1, -0.05) is 47.1 Å². The van der Waals surface area contributed by atoms with Gasteiger partial charge in [0.2, 0.25) is 21.8 Å². The smallest absolute Gasteiger partial charge is 0.242 e. The highest BCUT2D eigenvalue weighted by atomic mass is 79.9. The Labute approximate surface area is 224 Å². The summed E-state index contributed by atoms with van der Waals surface area (Å²) < 4.78 is 27.4. The normalized spacial score (nSPS) is 13.1. The maximum atomic E-state index is 13.4. The third kappa shape index (κ3) is 8.62. The summed E-state index contributed by atoms with van der Waals surface area (Å²) in [7, 11) is -3.54. The van der Waals surface area contributed by atoms with Crippen LogP contribution in [0.1, 0.15) is 56.7 Å². The van der Waals surface area contributed by atoms with Crippen LogP contribution in [0.3, 0.4) is 0 Å². The summed E-state index contributed by atoms with van der Waals surface area (Å²) in [6.07, 6.45) is 2.41. The molecule has 2 aromatic carbocycles. The van der Waals surface area contributed by atoms with Crippen LogP contribution >= 0.6 is 15.9 Å². The first-order chi connectivity index (χ1) is 16.8. The SMILES string of the molecule is CC[C@H](C)NC(=O)[C@H](C)N(Cc1cccc(Br)c1)C(=O)CCCN(c1cc(C)ccc1C)S(C)(=O)=O. The number of amides is 2. The van der Waals surface area contributed by atoms with Crippen molar-refractivity contribution in [2.24, 2.45) is 0 Å². The molecule has 2 rings (SSSR count). The van der Waals surface area contributed by atoms with Crippen molar-refractivity contribution in [1.29, 1.82) is 0 Å². The molecule has 0 aromatic heterocycles. The molecule has 198 valence electrons. The van der Waals surface area contributed by atoms with E-state index < -0.39 is 16.1 Å². The zero-order chi connectivity index (χ0) is 27.0. The second-order valence-electron chi connectivity index (χ2n) is 9.37. The molecule has 0 aliphatic rings. The average Bonchev–Trinajstić information content (AvgIpc) is 2.80. The summed E-state index contributed by atoms with van der Waals surface area (Å²) >= 11 is 3.46. The van der Waals surface area contributed by atoms with Crippen molar-refractivity contribution in [2.45, 2.75) is 72.5 Å². The van der Waals surface area contributed by atoms with Gasteiger partial charge in [-0.05, 0) is 75.4 Å². The van der Waals surface area contributed by atoms with Gasteiger partial charge in [-0.25, -0.2) is 8.42 Å². The van der Waals surface area contributed by atoms with Gasteiger partial charge < -0.3 is 10.2 Å². The number of carbonyl (C=O) groups is 2. The lowest BCUT2D eigenvalue weighted by molar-refractivity contribution is -0.140. The lowest BCUT2D eigenvalue weighted by Crippen LogP contribution is -2.49. The number of anilines is 1. The van der Waals surface area contributed by atoms with Gasteiger partial charge in [0.05, 0.1) is 11.9 Å². The Bertz CT molecular complexity index is 1170. The first-order valence-electron chi connectivity index (χ1n) is 12.2. The Morgan fingerprint density at radius 2 is 1.78 bits per heavy atom. The van der Waals surface area contributed by atoms with Crippen LogP contribution in [0.2, 0.25) is 0 Å². The Morgan fingerprint density at radius 3 is 2.39 bits per heavy atom. The molecule has 9 heteroatoms. The van der Waals surface area contributed by atoms with Crippen molar-refractivity contribution in [1.82, 2.24) is 10.2 Å². The monoisotopic (exact) mass is 579 g/mol. The molecule has 2 atom stereocenters. The van der Waals surface area contributed by atoms with E-state index >= 15 is 0 Å². The summed E-state index contributed by atoms with van der Waals surface area (Å²) in [5.41, 5.74) is 3.33. The molecular formula is C27H38BrN3O4S. The van der Waals surface area contributed by atoms with Gasteiger partial charge in [0.1, 0.15) is 6.04 Å². The highest BCUT2D eigenvalue weighted by Crippen LogP contribution is 2.25. The Hall–Kier alpha value is -2.39. The van der Waals surface area contributed by atoms with E-state index in [2.05, 4.69) is 21.2 Å². The second-order valence-corrected chi connectivity index (χ2v) is 12.2. The maximum absolute atomic E-state index is 13.4. The molecule has 0 fully saturated rings. The van der Waals surface area contributed by atoms with Crippen molar-refractivity contribution in [3.05, 3.63) is 63.6 Å². The van der Waals surface area contributed by atoms with E-state index in [0.717, 1.165) is 27.6 Å². The zero-order valence-electron chi connectivity index (χ0n) is 22.0. The first kappa shape index (κ1) is 29.8. The minimum absolute atomic E-state index is 0.00339. The fourth-order valence-electron chi connectivity index (χ4n) is 3.85. The number of rotatable bonds is 12. The zero-order valence-corrected chi connectivity index (χ0v) is 24.4. The van der Waals surface area contributed by atoms with Gasteiger partial charge in [0.25, 0.3) is 0 Å². The lowest BCUT2D eigenvalue weighted by atomic mass is 10.1. The number of hydrogen-bond donors (Lipinski definition) is 1. The minimum atomic E-state index is -3.54. The average molecular weight is 581 g/mol.